The van der Waals surface area contributed by atoms with Crippen molar-refractivity contribution >= 4 is 46.2 Å². The molecule has 1 amide bonds. The van der Waals surface area contributed by atoms with Crippen molar-refractivity contribution < 1.29 is 9.21 Å². The van der Waals surface area contributed by atoms with Gasteiger partial charge in [0.05, 0.1) is 16.4 Å². The molecular weight excluding hydrogens is 430 g/mol. The Labute approximate surface area is 192 Å². The lowest BCUT2D eigenvalue weighted by molar-refractivity contribution is 0.0951. The van der Waals surface area contributed by atoms with Gasteiger partial charge in [0.1, 0.15) is 5.76 Å². The molecule has 0 spiro atoms. The lowest BCUT2D eigenvalue weighted by Crippen LogP contribution is -2.34. The molecule has 0 unspecified atom stereocenters. The van der Waals surface area contributed by atoms with Crippen molar-refractivity contribution in [2.75, 3.05) is 23.3 Å². The number of carbonyl (C=O) groups excluding carboxylic acids is 1. The van der Waals surface area contributed by atoms with Gasteiger partial charge in [-0.15, -0.1) is 0 Å². The first-order chi connectivity index (χ1) is 14.9. The maximum absolute atomic E-state index is 12.7. The molecule has 7 heteroatoms. The molecule has 1 aliphatic rings. The van der Waals surface area contributed by atoms with Crippen molar-refractivity contribution in [1.82, 2.24) is 5.32 Å². The Morgan fingerprint density at radius 2 is 1.84 bits per heavy atom. The molecule has 4 rings (SSSR count). The molecule has 0 saturated carbocycles. The highest BCUT2D eigenvalue weighted by Crippen LogP contribution is 2.36. The van der Waals surface area contributed by atoms with Gasteiger partial charge in [0.2, 0.25) is 0 Å². The van der Waals surface area contributed by atoms with E-state index >= 15 is 0 Å². The van der Waals surface area contributed by atoms with E-state index in [-0.39, 0.29) is 10.9 Å². The second kappa shape index (κ2) is 9.12. The average molecular weight is 454 g/mol. The van der Waals surface area contributed by atoms with Crippen LogP contribution in [0.5, 0.6) is 0 Å². The SMILES string of the molecule is Cc1ccc(-c2ccc(C(=O)NC(=S)Nc3cccc(Cl)c3N3CCCC3)o2)cc1C. The summed E-state index contributed by atoms with van der Waals surface area (Å²) in [6, 6.07) is 15.1. The van der Waals surface area contributed by atoms with Gasteiger partial charge < -0.3 is 14.6 Å². The van der Waals surface area contributed by atoms with Crippen LogP contribution in [0.2, 0.25) is 5.02 Å². The molecule has 1 aromatic heterocycles. The van der Waals surface area contributed by atoms with Gasteiger partial charge >= 0.3 is 0 Å². The van der Waals surface area contributed by atoms with Crippen LogP contribution in [0.4, 0.5) is 11.4 Å². The van der Waals surface area contributed by atoms with Gasteiger partial charge in [-0.3, -0.25) is 10.1 Å². The topological polar surface area (TPSA) is 57.5 Å². The highest BCUT2D eigenvalue weighted by Gasteiger charge is 2.20. The first-order valence-corrected chi connectivity index (χ1v) is 11.0. The van der Waals surface area contributed by atoms with E-state index in [0.717, 1.165) is 42.9 Å². The first-order valence-electron chi connectivity index (χ1n) is 10.3. The minimum atomic E-state index is -0.405. The van der Waals surface area contributed by atoms with Crippen LogP contribution in [0.3, 0.4) is 0 Å². The van der Waals surface area contributed by atoms with Crippen LogP contribution in [0.1, 0.15) is 34.5 Å². The number of thiocarbonyl (C=S) groups is 1. The van der Waals surface area contributed by atoms with Gasteiger partial charge in [0, 0.05) is 18.7 Å². The predicted octanol–water partition coefficient (Wildman–Crippen LogP) is 5.94. The zero-order valence-electron chi connectivity index (χ0n) is 17.5. The molecule has 0 radical (unpaired) electrons. The van der Waals surface area contributed by atoms with Gasteiger partial charge in [-0.1, -0.05) is 29.8 Å². The number of rotatable bonds is 4. The van der Waals surface area contributed by atoms with Gasteiger partial charge in [0.15, 0.2) is 10.9 Å². The molecule has 5 nitrogen and oxygen atoms in total. The maximum atomic E-state index is 12.7. The smallest absolute Gasteiger partial charge is 0.293 e. The fraction of sp³-hybridized carbons (Fsp3) is 0.250. The molecule has 1 aliphatic heterocycles. The van der Waals surface area contributed by atoms with E-state index in [1.807, 2.05) is 43.3 Å². The number of furan rings is 1. The van der Waals surface area contributed by atoms with E-state index in [9.17, 15) is 4.79 Å². The van der Waals surface area contributed by atoms with Crippen molar-refractivity contribution in [1.29, 1.82) is 0 Å². The quantitative estimate of drug-likeness (QED) is 0.478. The highest BCUT2D eigenvalue weighted by atomic mass is 35.5. The lowest BCUT2D eigenvalue weighted by atomic mass is 10.1. The third kappa shape index (κ3) is 4.75. The lowest BCUT2D eigenvalue weighted by Gasteiger charge is -2.23. The predicted molar refractivity (Wildman–Crippen MR) is 130 cm³/mol. The normalized spacial score (nSPS) is 13.3. The Hall–Kier alpha value is -2.83. The van der Waals surface area contributed by atoms with E-state index in [2.05, 4.69) is 22.5 Å². The zero-order chi connectivity index (χ0) is 22.0. The average Bonchev–Trinajstić information content (AvgIpc) is 3.42. The molecule has 3 aromatic rings. The van der Waals surface area contributed by atoms with Crippen molar-refractivity contribution in [3.8, 4) is 11.3 Å². The Kier molecular flexibility index (Phi) is 6.30. The van der Waals surface area contributed by atoms with Crippen molar-refractivity contribution in [3.63, 3.8) is 0 Å². The van der Waals surface area contributed by atoms with Gasteiger partial charge in [-0.05, 0) is 80.4 Å². The molecule has 0 aliphatic carbocycles. The van der Waals surface area contributed by atoms with Crippen LogP contribution in [-0.4, -0.2) is 24.1 Å². The number of hydrogen-bond donors (Lipinski definition) is 2. The minimum Gasteiger partial charge on any atom is -0.451 e. The van der Waals surface area contributed by atoms with Crippen LogP contribution in [-0.2, 0) is 0 Å². The van der Waals surface area contributed by atoms with E-state index in [4.69, 9.17) is 28.2 Å². The number of hydrogen-bond acceptors (Lipinski definition) is 4. The minimum absolute atomic E-state index is 0.192. The number of nitrogens with one attached hydrogen (secondary N) is 2. The third-order valence-corrected chi connectivity index (χ3v) is 6.01. The van der Waals surface area contributed by atoms with Crippen LogP contribution >= 0.6 is 23.8 Å². The number of amides is 1. The molecule has 160 valence electrons. The largest absolute Gasteiger partial charge is 0.451 e. The summed E-state index contributed by atoms with van der Waals surface area (Å²) in [6.07, 6.45) is 2.26. The van der Waals surface area contributed by atoms with E-state index in [1.165, 1.54) is 11.1 Å². The molecule has 1 fully saturated rings. The number of nitrogens with zero attached hydrogens (tertiary/aromatic N) is 1. The molecule has 31 heavy (non-hydrogen) atoms. The second-order valence-corrected chi connectivity index (χ2v) is 8.52. The highest BCUT2D eigenvalue weighted by molar-refractivity contribution is 7.80. The van der Waals surface area contributed by atoms with Crippen molar-refractivity contribution in [2.45, 2.75) is 26.7 Å². The number of carbonyl (C=O) groups is 1. The fourth-order valence-electron chi connectivity index (χ4n) is 3.71. The number of halogens is 1. The summed E-state index contributed by atoms with van der Waals surface area (Å²) in [5.74, 6) is 0.430. The number of benzene rings is 2. The number of aryl methyl sites for hydroxylation is 2. The van der Waals surface area contributed by atoms with Crippen LogP contribution in [0.15, 0.2) is 52.9 Å². The third-order valence-electron chi connectivity index (χ3n) is 5.51. The second-order valence-electron chi connectivity index (χ2n) is 7.70. The number of para-hydroxylation sites is 1. The summed E-state index contributed by atoms with van der Waals surface area (Å²) in [4.78, 5) is 14.9. The summed E-state index contributed by atoms with van der Waals surface area (Å²) in [7, 11) is 0. The zero-order valence-corrected chi connectivity index (χ0v) is 19.1. The van der Waals surface area contributed by atoms with Crippen molar-refractivity contribution in [2.24, 2.45) is 0 Å². The summed E-state index contributed by atoms with van der Waals surface area (Å²) in [5, 5.41) is 6.66. The first kappa shape index (κ1) is 21.4. The molecule has 2 aromatic carbocycles. The Balaban J connectivity index is 1.45. The van der Waals surface area contributed by atoms with Crippen LogP contribution in [0, 0.1) is 13.8 Å². The summed E-state index contributed by atoms with van der Waals surface area (Å²) in [5.41, 5.74) is 4.99. The Morgan fingerprint density at radius 1 is 1.06 bits per heavy atom. The van der Waals surface area contributed by atoms with E-state index in [0.29, 0.717) is 10.8 Å². The molecule has 2 heterocycles. The Bertz CT molecular complexity index is 1140. The van der Waals surface area contributed by atoms with E-state index in [1.54, 1.807) is 12.1 Å². The number of anilines is 2. The monoisotopic (exact) mass is 453 g/mol. The van der Waals surface area contributed by atoms with Gasteiger partial charge in [0.25, 0.3) is 5.91 Å². The fourth-order valence-corrected chi connectivity index (χ4v) is 4.20. The van der Waals surface area contributed by atoms with E-state index < -0.39 is 5.91 Å². The van der Waals surface area contributed by atoms with Gasteiger partial charge in [-0.2, -0.15) is 0 Å². The van der Waals surface area contributed by atoms with Crippen LogP contribution < -0.4 is 15.5 Å². The standard InChI is InChI=1S/C24H24ClN3O2S/c1-15-8-9-17(14-16(15)2)20-10-11-21(30-20)23(29)27-24(31)26-19-7-5-6-18(25)22(19)28-12-3-4-13-28/h5-11,14H,3-4,12-13H2,1-2H3,(H2,26,27,29,31). The molecule has 1 saturated heterocycles. The molecular formula is C24H24ClN3O2S. The van der Waals surface area contributed by atoms with Crippen LogP contribution in [0.25, 0.3) is 11.3 Å². The summed E-state index contributed by atoms with van der Waals surface area (Å²) in [6.45, 7) is 6.01. The molecule has 0 atom stereocenters. The molecule has 2 N–H and O–H groups in total. The summed E-state index contributed by atoms with van der Waals surface area (Å²) >= 11 is 11.8. The Morgan fingerprint density at radius 3 is 2.58 bits per heavy atom. The molecule has 0 bridgehead atoms. The van der Waals surface area contributed by atoms with Crippen molar-refractivity contribution in [3.05, 3.63) is 70.4 Å². The van der Waals surface area contributed by atoms with Gasteiger partial charge in [-0.25, -0.2) is 0 Å². The maximum Gasteiger partial charge on any atom is 0.293 e. The summed E-state index contributed by atoms with van der Waals surface area (Å²) < 4.78 is 5.77.